The van der Waals surface area contributed by atoms with Crippen molar-refractivity contribution in [1.29, 1.82) is 0 Å². The van der Waals surface area contributed by atoms with E-state index in [1.54, 1.807) is 6.92 Å². The molecule has 0 radical (unpaired) electrons. The lowest BCUT2D eigenvalue weighted by Gasteiger charge is -2.51. The van der Waals surface area contributed by atoms with Crippen LogP contribution in [0.25, 0.3) is 0 Å². The van der Waals surface area contributed by atoms with Crippen LogP contribution in [0.4, 0.5) is 0 Å². The van der Waals surface area contributed by atoms with Crippen LogP contribution < -0.4 is 0 Å². The molecule has 39 heavy (non-hydrogen) atoms. The van der Waals surface area contributed by atoms with E-state index in [1.165, 1.54) is 29.2 Å². The van der Waals surface area contributed by atoms with Crippen molar-refractivity contribution in [3.05, 3.63) is 70.1 Å². The van der Waals surface area contributed by atoms with Crippen LogP contribution in [-0.4, -0.2) is 46.9 Å². The molecule has 0 amide bonds. The van der Waals surface area contributed by atoms with Crippen LogP contribution in [0.3, 0.4) is 0 Å². The summed E-state index contributed by atoms with van der Waals surface area (Å²) in [7, 11) is 0. The molecule has 5 aliphatic carbocycles. The number of esters is 1. The highest BCUT2D eigenvalue weighted by Crippen LogP contribution is 2.66. The van der Waals surface area contributed by atoms with Gasteiger partial charge in [0.25, 0.3) is 0 Å². The summed E-state index contributed by atoms with van der Waals surface area (Å²) >= 11 is 0. The molecule has 0 aromatic heterocycles. The van der Waals surface area contributed by atoms with Crippen molar-refractivity contribution in [2.75, 3.05) is 13.2 Å². The van der Waals surface area contributed by atoms with E-state index < -0.39 is 12.4 Å². The van der Waals surface area contributed by atoms with Gasteiger partial charge in [-0.1, -0.05) is 54.5 Å². The van der Waals surface area contributed by atoms with Gasteiger partial charge in [-0.3, -0.25) is 4.79 Å². The standard InChI is InChI=1S/C33H44O6/c1-19-13-25(15-23(31(19)36)17-38-21(3)34)33(26-14-20(2)32(37)24(16-26)18-39-22(4)35)29-11-7-5-9-27(29)28-10-6-8-12-30(28)33/h5,7-8,11-13,20,22-24,26-27,32,35-37H,6,9-10,14-18H2,1-4H3/t20?,22-,23?,24?,26?,27?,32?,33?/m0/s1. The van der Waals surface area contributed by atoms with Gasteiger partial charge in [0.1, 0.15) is 12.4 Å². The molecule has 3 N–H and O–H groups in total. The second-order valence-electron chi connectivity index (χ2n) is 12.3. The van der Waals surface area contributed by atoms with E-state index in [1.807, 2.05) is 6.92 Å². The molecular formula is C33H44O6. The van der Waals surface area contributed by atoms with E-state index in [4.69, 9.17) is 9.47 Å². The smallest absolute Gasteiger partial charge is 0.302 e. The van der Waals surface area contributed by atoms with Crippen molar-refractivity contribution in [2.24, 2.45) is 35.0 Å². The average molecular weight is 537 g/mol. The number of fused-ring (bicyclic) bond motifs is 2. The van der Waals surface area contributed by atoms with Gasteiger partial charge < -0.3 is 24.8 Å². The topological polar surface area (TPSA) is 96.2 Å². The van der Waals surface area contributed by atoms with Crippen LogP contribution in [0.1, 0.15) is 66.2 Å². The van der Waals surface area contributed by atoms with Crippen molar-refractivity contribution in [2.45, 2.75) is 78.6 Å². The summed E-state index contributed by atoms with van der Waals surface area (Å²) < 4.78 is 11.1. The number of hydrogen-bond donors (Lipinski definition) is 3. The fourth-order valence-electron chi connectivity index (χ4n) is 8.17. The molecular weight excluding hydrogens is 492 g/mol. The molecule has 5 aliphatic rings. The molecule has 0 aromatic carbocycles. The minimum absolute atomic E-state index is 0.0738. The largest absolute Gasteiger partial charge is 0.512 e. The normalized spacial score (nSPS) is 36.8. The number of carbonyl (C=O) groups excluding carboxylic acids is 1. The van der Waals surface area contributed by atoms with Gasteiger partial charge in [0.15, 0.2) is 6.29 Å². The first kappa shape index (κ1) is 28.1. The predicted molar refractivity (Wildman–Crippen MR) is 150 cm³/mol. The highest BCUT2D eigenvalue weighted by molar-refractivity contribution is 5.66. The molecule has 0 heterocycles. The minimum atomic E-state index is -0.877. The molecule has 6 nitrogen and oxygen atoms in total. The summed E-state index contributed by atoms with van der Waals surface area (Å²) in [5.41, 5.74) is 6.07. The Kier molecular flexibility index (Phi) is 8.10. The summed E-state index contributed by atoms with van der Waals surface area (Å²) in [5.74, 6) is 0.216. The molecule has 1 saturated carbocycles. The Morgan fingerprint density at radius 1 is 1.23 bits per heavy atom. The van der Waals surface area contributed by atoms with Gasteiger partial charge in [-0.25, -0.2) is 0 Å². The van der Waals surface area contributed by atoms with E-state index in [0.717, 1.165) is 37.7 Å². The Balaban J connectivity index is 1.65. The molecule has 1 fully saturated rings. The Hall–Kier alpha value is -2.41. The Bertz CT molecular complexity index is 1170. The molecule has 0 saturated heterocycles. The fourth-order valence-corrected chi connectivity index (χ4v) is 8.17. The van der Waals surface area contributed by atoms with Gasteiger partial charge in [0.2, 0.25) is 0 Å². The molecule has 0 aliphatic heterocycles. The zero-order chi connectivity index (χ0) is 27.9. The number of carbonyl (C=O) groups is 1. The first-order valence-electron chi connectivity index (χ1n) is 14.6. The maximum Gasteiger partial charge on any atom is 0.302 e. The monoisotopic (exact) mass is 536 g/mol. The van der Waals surface area contributed by atoms with Crippen molar-refractivity contribution < 1.29 is 29.6 Å². The molecule has 0 bridgehead atoms. The molecule has 7 unspecified atom stereocenters. The van der Waals surface area contributed by atoms with Crippen molar-refractivity contribution in [1.82, 2.24) is 0 Å². The summed E-state index contributed by atoms with van der Waals surface area (Å²) in [6.45, 7) is 7.56. The molecule has 8 atom stereocenters. The predicted octanol–water partition coefficient (Wildman–Crippen LogP) is 5.86. The molecule has 0 aromatic rings. The highest BCUT2D eigenvalue weighted by atomic mass is 16.6. The lowest BCUT2D eigenvalue weighted by molar-refractivity contribution is -0.142. The lowest BCUT2D eigenvalue weighted by Crippen LogP contribution is -2.46. The van der Waals surface area contributed by atoms with Crippen molar-refractivity contribution in [3.8, 4) is 0 Å². The lowest BCUT2D eigenvalue weighted by atomic mass is 9.53. The Morgan fingerprint density at radius 2 is 2.03 bits per heavy atom. The van der Waals surface area contributed by atoms with E-state index in [2.05, 4.69) is 43.4 Å². The van der Waals surface area contributed by atoms with Gasteiger partial charge >= 0.3 is 5.97 Å². The number of ether oxygens (including phenoxy) is 2. The number of aliphatic hydroxyl groups excluding tert-OH is 3. The molecule has 212 valence electrons. The van der Waals surface area contributed by atoms with E-state index in [9.17, 15) is 20.1 Å². The first-order chi connectivity index (χ1) is 18.6. The van der Waals surface area contributed by atoms with Gasteiger partial charge in [0, 0.05) is 24.2 Å². The maximum absolute atomic E-state index is 11.7. The second kappa shape index (κ2) is 11.2. The van der Waals surface area contributed by atoms with Crippen LogP contribution in [0.5, 0.6) is 0 Å². The van der Waals surface area contributed by atoms with Gasteiger partial charge in [-0.15, -0.1) is 0 Å². The number of allylic oxidation sites excluding steroid dienone is 11. The molecule has 6 heteroatoms. The Labute approximate surface area is 232 Å². The first-order valence-corrected chi connectivity index (χ1v) is 14.6. The second-order valence-corrected chi connectivity index (χ2v) is 12.3. The van der Waals surface area contributed by atoms with Crippen molar-refractivity contribution in [3.63, 3.8) is 0 Å². The third-order valence-corrected chi connectivity index (χ3v) is 9.79. The third kappa shape index (κ3) is 5.00. The summed E-state index contributed by atoms with van der Waals surface area (Å²) in [6.07, 6.45) is 17.6. The van der Waals surface area contributed by atoms with Crippen molar-refractivity contribution >= 4 is 5.97 Å². The zero-order valence-electron chi connectivity index (χ0n) is 23.7. The summed E-state index contributed by atoms with van der Waals surface area (Å²) in [6, 6.07) is 0. The van der Waals surface area contributed by atoms with Gasteiger partial charge in [0.05, 0.1) is 18.6 Å². The van der Waals surface area contributed by atoms with Crippen LogP contribution in [0.2, 0.25) is 0 Å². The fraction of sp³-hybridized carbons (Fsp3) is 0.606. The Morgan fingerprint density at radius 3 is 2.77 bits per heavy atom. The van der Waals surface area contributed by atoms with Gasteiger partial charge in [-0.05, 0) is 80.9 Å². The molecule has 0 spiro atoms. The third-order valence-electron chi connectivity index (χ3n) is 9.79. The van der Waals surface area contributed by atoms with Crippen LogP contribution in [0, 0.1) is 35.0 Å². The van der Waals surface area contributed by atoms with E-state index in [0.29, 0.717) is 24.7 Å². The molecule has 5 rings (SSSR count). The van der Waals surface area contributed by atoms with E-state index >= 15 is 0 Å². The minimum Gasteiger partial charge on any atom is -0.512 e. The zero-order valence-corrected chi connectivity index (χ0v) is 23.7. The number of hydrogen-bond acceptors (Lipinski definition) is 6. The number of rotatable bonds is 7. The van der Waals surface area contributed by atoms with Crippen LogP contribution in [-0.2, 0) is 14.3 Å². The van der Waals surface area contributed by atoms with Crippen LogP contribution in [0.15, 0.2) is 70.1 Å². The summed E-state index contributed by atoms with van der Waals surface area (Å²) in [4.78, 5) is 11.7. The highest BCUT2D eigenvalue weighted by Gasteiger charge is 2.57. The SMILES string of the molecule is CC(=O)OCC1CC(C2(C3CC(C)C(O)C(CO[C@@H](C)O)C3)C3=CC=CCC3C3=C2C=CCC3)=CC(C)=C1O. The van der Waals surface area contributed by atoms with Gasteiger partial charge in [-0.2, -0.15) is 0 Å². The maximum atomic E-state index is 11.7. The van der Waals surface area contributed by atoms with E-state index in [-0.39, 0.29) is 41.7 Å². The van der Waals surface area contributed by atoms with Crippen LogP contribution >= 0.6 is 0 Å². The summed E-state index contributed by atoms with van der Waals surface area (Å²) in [5, 5.41) is 32.1. The number of aliphatic hydroxyl groups is 3. The quantitative estimate of drug-likeness (QED) is 0.279. The average Bonchev–Trinajstić information content (AvgIpc) is 3.21.